The van der Waals surface area contributed by atoms with Gasteiger partial charge in [-0.15, -0.1) is 0 Å². The van der Waals surface area contributed by atoms with E-state index in [0.717, 1.165) is 17.0 Å². The molecule has 1 aromatic heterocycles. The van der Waals surface area contributed by atoms with Crippen molar-refractivity contribution in [2.24, 2.45) is 5.73 Å². The molecule has 0 aliphatic rings. The summed E-state index contributed by atoms with van der Waals surface area (Å²) in [6.45, 7) is 2.14. The van der Waals surface area contributed by atoms with Crippen LogP contribution in [0.15, 0.2) is 28.7 Å². The van der Waals surface area contributed by atoms with Gasteiger partial charge in [-0.2, -0.15) is 0 Å². The van der Waals surface area contributed by atoms with E-state index in [1.54, 1.807) is 12.1 Å². The van der Waals surface area contributed by atoms with E-state index < -0.39 is 0 Å². The van der Waals surface area contributed by atoms with Gasteiger partial charge in [0.2, 0.25) is 5.89 Å². The molecule has 16 heavy (non-hydrogen) atoms. The molecule has 1 aromatic carbocycles. The molecule has 0 radical (unpaired) electrons. The lowest BCUT2D eigenvalue weighted by atomic mass is 10.1. The Balaban J connectivity index is 2.27. The summed E-state index contributed by atoms with van der Waals surface area (Å²) in [5, 5.41) is 9.64. The van der Waals surface area contributed by atoms with Gasteiger partial charge in [0.15, 0.2) is 0 Å². The zero-order chi connectivity index (χ0) is 11.5. The van der Waals surface area contributed by atoms with Crippen molar-refractivity contribution in [1.82, 2.24) is 4.98 Å². The van der Waals surface area contributed by atoms with Crippen molar-refractivity contribution in [2.75, 3.05) is 0 Å². The lowest BCUT2D eigenvalue weighted by Gasteiger charge is -2.01. The first-order chi connectivity index (χ1) is 7.70. The number of nitrogens with two attached hydrogens (primary N) is 1. The third-order valence-electron chi connectivity index (χ3n) is 2.46. The molecule has 2 aromatic rings. The molecule has 0 saturated heterocycles. The Morgan fingerprint density at radius 1 is 1.38 bits per heavy atom. The van der Waals surface area contributed by atoms with Gasteiger partial charge in [-0.3, -0.25) is 0 Å². The molecular formula is C12H14N2O2. The Labute approximate surface area is 93.7 Å². The third-order valence-corrected chi connectivity index (χ3v) is 2.46. The van der Waals surface area contributed by atoms with Crippen LogP contribution in [-0.2, 0) is 13.0 Å². The van der Waals surface area contributed by atoms with Gasteiger partial charge in [0, 0.05) is 6.42 Å². The quantitative estimate of drug-likeness (QED) is 0.823. The second-order valence-electron chi connectivity index (χ2n) is 3.62. The average molecular weight is 218 g/mol. The zero-order valence-electron chi connectivity index (χ0n) is 9.10. The lowest BCUT2D eigenvalue weighted by Crippen LogP contribution is -1.97. The summed E-state index contributed by atoms with van der Waals surface area (Å²) < 4.78 is 5.36. The fraction of sp³-hybridized carbons (Fsp3) is 0.250. The molecule has 0 bridgehead atoms. The van der Waals surface area contributed by atoms with E-state index in [4.69, 9.17) is 10.2 Å². The van der Waals surface area contributed by atoms with Crippen LogP contribution in [0, 0.1) is 6.92 Å². The van der Waals surface area contributed by atoms with Gasteiger partial charge in [-0.25, -0.2) is 4.98 Å². The van der Waals surface area contributed by atoms with Gasteiger partial charge >= 0.3 is 0 Å². The van der Waals surface area contributed by atoms with Gasteiger partial charge in [0.1, 0.15) is 11.5 Å². The summed E-state index contributed by atoms with van der Waals surface area (Å²) in [5.41, 5.74) is 7.11. The van der Waals surface area contributed by atoms with E-state index in [1.807, 2.05) is 19.1 Å². The van der Waals surface area contributed by atoms with Crippen molar-refractivity contribution < 1.29 is 9.52 Å². The number of hydrogen-bond donors (Lipinski definition) is 2. The summed E-state index contributed by atoms with van der Waals surface area (Å²) in [6.07, 6.45) is 0.558. The van der Waals surface area contributed by atoms with E-state index in [9.17, 15) is 5.11 Å². The molecule has 2 rings (SSSR count). The number of para-hydroxylation sites is 1. The van der Waals surface area contributed by atoms with Gasteiger partial charge in [-0.05, 0) is 18.6 Å². The summed E-state index contributed by atoms with van der Waals surface area (Å²) >= 11 is 0. The molecule has 0 aliphatic heterocycles. The number of aryl methyl sites for hydroxylation is 1. The molecule has 1 heterocycles. The molecule has 0 amide bonds. The SMILES string of the molecule is Cc1oc(CN)nc1Cc1ccccc1O. The molecule has 0 atom stereocenters. The highest BCUT2D eigenvalue weighted by molar-refractivity contribution is 5.35. The van der Waals surface area contributed by atoms with Crippen LogP contribution in [0.3, 0.4) is 0 Å². The number of rotatable bonds is 3. The molecule has 4 nitrogen and oxygen atoms in total. The maximum absolute atomic E-state index is 9.64. The predicted molar refractivity (Wildman–Crippen MR) is 60.0 cm³/mol. The number of phenols is 1. The second kappa shape index (κ2) is 4.37. The van der Waals surface area contributed by atoms with Gasteiger partial charge < -0.3 is 15.3 Å². The number of aromatic hydroxyl groups is 1. The molecule has 84 valence electrons. The van der Waals surface area contributed by atoms with Crippen LogP contribution in [0.4, 0.5) is 0 Å². The van der Waals surface area contributed by atoms with Gasteiger partial charge in [-0.1, -0.05) is 18.2 Å². The summed E-state index contributed by atoms with van der Waals surface area (Å²) in [7, 11) is 0. The monoisotopic (exact) mass is 218 g/mol. The Hall–Kier alpha value is -1.81. The Bertz CT molecular complexity index is 492. The molecule has 0 fully saturated rings. The van der Waals surface area contributed by atoms with Gasteiger partial charge in [0.05, 0.1) is 12.2 Å². The van der Waals surface area contributed by atoms with Crippen molar-refractivity contribution >= 4 is 0 Å². The Kier molecular flexibility index (Phi) is 2.92. The minimum atomic E-state index is 0.277. The van der Waals surface area contributed by atoms with Crippen molar-refractivity contribution in [3.63, 3.8) is 0 Å². The van der Waals surface area contributed by atoms with E-state index >= 15 is 0 Å². The van der Waals surface area contributed by atoms with E-state index in [1.165, 1.54) is 0 Å². The van der Waals surface area contributed by atoms with E-state index in [-0.39, 0.29) is 5.75 Å². The highest BCUT2D eigenvalue weighted by Gasteiger charge is 2.10. The topological polar surface area (TPSA) is 72.3 Å². The summed E-state index contributed by atoms with van der Waals surface area (Å²) in [4.78, 5) is 4.26. The van der Waals surface area contributed by atoms with E-state index in [2.05, 4.69) is 4.98 Å². The first-order valence-electron chi connectivity index (χ1n) is 5.13. The van der Waals surface area contributed by atoms with Crippen molar-refractivity contribution in [3.05, 3.63) is 47.2 Å². The fourth-order valence-electron chi connectivity index (χ4n) is 1.58. The van der Waals surface area contributed by atoms with Crippen LogP contribution >= 0.6 is 0 Å². The average Bonchev–Trinajstić information content (AvgIpc) is 2.63. The molecule has 0 spiro atoms. The van der Waals surface area contributed by atoms with Crippen LogP contribution < -0.4 is 5.73 Å². The van der Waals surface area contributed by atoms with Crippen molar-refractivity contribution in [1.29, 1.82) is 0 Å². The van der Waals surface area contributed by atoms with Crippen LogP contribution in [0.2, 0.25) is 0 Å². The Morgan fingerprint density at radius 2 is 2.12 bits per heavy atom. The highest BCUT2D eigenvalue weighted by Crippen LogP contribution is 2.21. The van der Waals surface area contributed by atoms with Gasteiger partial charge in [0.25, 0.3) is 0 Å². The smallest absolute Gasteiger partial charge is 0.208 e. The molecular weight excluding hydrogens is 204 g/mol. The summed E-state index contributed by atoms with van der Waals surface area (Å²) in [6, 6.07) is 7.20. The van der Waals surface area contributed by atoms with E-state index in [0.29, 0.717) is 18.9 Å². The lowest BCUT2D eigenvalue weighted by molar-refractivity contribution is 0.468. The molecule has 0 aliphatic carbocycles. The molecule has 0 unspecified atom stereocenters. The maximum atomic E-state index is 9.64. The largest absolute Gasteiger partial charge is 0.508 e. The summed E-state index contributed by atoms with van der Waals surface area (Å²) in [5.74, 6) is 1.56. The second-order valence-corrected chi connectivity index (χ2v) is 3.62. The third kappa shape index (κ3) is 2.06. The minimum absolute atomic E-state index is 0.277. The first-order valence-corrected chi connectivity index (χ1v) is 5.13. The molecule has 0 saturated carbocycles. The normalized spacial score (nSPS) is 10.6. The van der Waals surface area contributed by atoms with Crippen molar-refractivity contribution in [3.8, 4) is 5.75 Å². The van der Waals surface area contributed by atoms with Crippen LogP contribution in [-0.4, -0.2) is 10.1 Å². The zero-order valence-corrected chi connectivity index (χ0v) is 9.10. The van der Waals surface area contributed by atoms with Crippen molar-refractivity contribution in [2.45, 2.75) is 19.9 Å². The number of benzene rings is 1. The van der Waals surface area contributed by atoms with Crippen LogP contribution in [0.25, 0.3) is 0 Å². The maximum Gasteiger partial charge on any atom is 0.208 e. The molecule has 4 heteroatoms. The van der Waals surface area contributed by atoms with Crippen LogP contribution in [0.5, 0.6) is 5.75 Å². The molecule has 3 N–H and O–H groups in total. The fourth-order valence-corrected chi connectivity index (χ4v) is 1.58. The number of hydrogen-bond acceptors (Lipinski definition) is 4. The number of phenolic OH excluding ortho intramolecular Hbond substituents is 1. The number of oxazole rings is 1. The first kappa shape index (κ1) is 10.7. The van der Waals surface area contributed by atoms with Crippen LogP contribution in [0.1, 0.15) is 22.9 Å². The minimum Gasteiger partial charge on any atom is -0.508 e. The number of nitrogens with zero attached hydrogens (tertiary/aromatic N) is 1. The predicted octanol–water partition coefficient (Wildman–Crippen LogP) is 1.74. The number of aromatic nitrogens is 1. The standard InChI is InChI=1S/C12H14N2O2/c1-8-10(14-12(7-13)16-8)6-9-4-2-3-5-11(9)15/h2-5,15H,6-7,13H2,1H3. The highest BCUT2D eigenvalue weighted by atomic mass is 16.4. The Morgan fingerprint density at radius 3 is 2.75 bits per heavy atom.